The van der Waals surface area contributed by atoms with Gasteiger partial charge in [-0.05, 0) is 19.3 Å². The Bertz CT molecular complexity index is 291. The average Bonchev–Trinajstić information content (AvgIpc) is 2.97. The Hall–Kier alpha value is -0.900. The number of hydrogen-bond donors (Lipinski definition) is 1. The summed E-state index contributed by atoms with van der Waals surface area (Å²) in [5, 5.41) is 7.72. The highest BCUT2D eigenvalue weighted by Gasteiger charge is 2.20. The zero-order valence-electron chi connectivity index (χ0n) is 9.45. The maximum absolute atomic E-state index is 4.28. The molecule has 0 spiro atoms. The fourth-order valence-corrected chi connectivity index (χ4v) is 1.65. The van der Waals surface area contributed by atoms with Crippen LogP contribution in [0.3, 0.4) is 0 Å². The molecule has 0 radical (unpaired) electrons. The van der Waals surface area contributed by atoms with Crippen LogP contribution in [0, 0.1) is 0 Å². The number of nitrogens with one attached hydrogen (secondary N) is 1. The van der Waals surface area contributed by atoms with Crippen LogP contribution in [0.1, 0.15) is 44.9 Å². The molecule has 0 bridgehead atoms. The van der Waals surface area contributed by atoms with E-state index in [1.54, 1.807) is 6.33 Å². The SMILES string of the molecule is CCCCCn1ncnc1CNC1CC1. The number of rotatable bonds is 7. The van der Waals surface area contributed by atoms with Crippen molar-refractivity contribution in [3.05, 3.63) is 12.2 Å². The van der Waals surface area contributed by atoms with E-state index >= 15 is 0 Å². The van der Waals surface area contributed by atoms with Crippen molar-refractivity contribution >= 4 is 0 Å². The van der Waals surface area contributed by atoms with Gasteiger partial charge >= 0.3 is 0 Å². The zero-order valence-corrected chi connectivity index (χ0v) is 9.45. The van der Waals surface area contributed by atoms with E-state index < -0.39 is 0 Å². The Morgan fingerprint density at radius 2 is 2.33 bits per heavy atom. The number of hydrogen-bond acceptors (Lipinski definition) is 3. The molecule has 1 fully saturated rings. The molecular formula is C11H20N4. The van der Waals surface area contributed by atoms with E-state index in [9.17, 15) is 0 Å². The fourth-order valence-electron chi connectivity index (χ4n) is 1.65. The molecule has 15 heavy (non-hydrogen) atoms. The molecule has 0 aliphatic heterocycles. The van der Waals surface area contributed by atoms with Gasteiger partial charge in [-0.1, -0.05) is 19.8 Å². The third kappa shape index (κ3) is 3.30. The lowest BCUT2D eigenvalue weighted by Crippen LogP contribution is -2.19. The van der Waals surface area contributed by atoms with Crippen molar-refractivity contribution in [3.63, 3.8) is 0 Å². The Kier molecular flexibility index (Phi) is 3.72. The van der Waals surface area contributed by atoms with E-state index in [1.807, 2.05) is 4.68 Å². The molecule has 1 aliphatic carbocycles. The molecule has 2 rings (SSSR count). The van der Waals surface area contributed by atoms with Crippen LogP contribution in [0.5, 0.6) is 0 Å². The van der Waals surface area contributed by atoms with E-state index in [1.165, 1.54) is 32.1 Å². The molecule has 4 nitrogen and oxygen atoms in total. The Balaban J connectivity index is 1.78. The number of nitrogens with zero attached hydrogens (tertiary/aromatic N) is 3. The largest absolute Gasteiger partial charge is 0.307 e. The lowest BCUT2D eigenvalue weighted by atomic mass is 10.2. The summed E-state index contributed by atoms with van der Waals surface area (Å²) in [5.74, 6) is 1.08. The first-order chi connectivity index (χ1) is 7.40. The summed E-state index contributed by atoms with van der Waals surface area (Å²) in [7, 11) is 0. The molecule has 0 amide bonds. The van der Waals surface area contributed by atoms with E-state index in [0.717, 1.165) is 25.0 Å². The van der Waals surface area contributed by atoms with Crippen molar-refractivity contribution in [2.24, 2.45) is 0 Å². The maximum Gasteiger partial charge on any atom is 0.140 e. The second-order valence-corrected chi connectivity index (χ2v) is 4.26. The van der Waals surface area contributed by atoms with E-state index in [2.05, 4.69) is 22.3 Å². The van der Waals surface area contributed by atoms with Gasteiger partial charge in [0.15, 0.2) is 0 Å². The standard InChI is InChI=1S/C11H20N4/c1-2-3-4-7-15-11(13-9-14-15)8-12-10-5-6-10/h9-10,12H,2-8H2,1H3. The summed E-state index contributed by atoms with van der Waals surface area (Å²) in [4.78, 5) is 4.28. The van der Waals surface area contributed by atoms with E-state index in [4.69, 9.17) is 0 Å². The van der Waals surface area contributed by atoms with Gasteiger partial charge in [-0.15, -0.1) is 0 Å². The van der Waals surface area contributed by atoms with Gasteiger partial charge in [-0.25, -0.2) is 9.67 Å². The van der Waals surface area contributed by atoms with Crippen molar-refractivity contribution in [2.45, 2.75) is 58.2 Å². The summed E-state index contributed by atoms with van der Waals surface area (Å²) in [6.45, 7) is 4.10. The zero-order chi connectivity index (χ0) is 10.5. The van der Waals surface area contributed by atoms with Crippen LogP contribution in [-0.4, -0.2) is 20.8 Å². The third-order valence-corrected chi connectivity index (χ3v) is 2.80. The van der Waals surface area contributed by atoms with Gasteiger partial charge in [0.2, 0.25) is 0 Å². The Morgan fingerprint density at radius 3 is 3.07 bits per heavy atom. The minimum Gasteiger partial charge on any atom is -0.307 e. The van der Waals surface area contributed by atoms with Crippen LogP contribution < -0.4 is 5.32 Å². The van der Waals surface area contributed by atoms with Crippen LogP contribution in [0.25, 0.3) is 0 Å². The van der Waals surface area contributed by atoms with Gasteiger partial charge in [-0.2, -0.15) is 5.10 Å². The Morgan fingerprint density at radius 1 is 1.47 bits per heavy atom. The number of aryl methyl sites for hydroxylation is 1. The molecule has 1 aromatic rings. The quantitative estimate of drug-likeness (QED) is 0.694. The molecule has 1 aromatic heterocycles. The Labute approximate surface area is 91.1 Å². The molecule has 0 aromatic carbocycles. The summed E-state index contributed by atoms with van der Waals surface area (Å²) < 4.78 is 2.03. The highest BCUT2D eigenvalue weighted by molar-refractivity contribution is 4.88. The van der Waals surface area contributed by atoms with Gasteiger partial charge in [0.05, 0.1) is 6.54 Å². The molecular weight excluding hydrogens is 188 g/mol. The highest BCUT2D eigenvalue weighted by Crippen LogP contribution is 2.18. The predicted molar refractivity (Wildman–Crippen MR) is 59.4 cm³/mol. The fraction of sp³-hybridized carbons (Fsp3) is 0.818. The predicted octanol–water partition coefficient (Wildman–Crippen LogP) is 1.72. The van der Waals surface area contributed by atoms with Crippen LogP contribution in [0.4, 0.5) is 0 Å². The minimum absolute atomic E-state index is 0.741. The molecule has 84 valence electrons. The molecule has 0 atom stereocenters. The van der Waals surface area contributed by atoms with Crippen molar-refractivity contribution in [3.8, 4) is 0 Å². The van der Waals surface area contributed by atoms with Crippen molar-refractivity contribution in [1.82, 2.24) is 20.1 Å². The van der Waals surface area contributed by atoms with Crippen molar-refractivity contribution in [1.29, 1.82) is 0 Å². The summed E-state index contributed by atoms with van der Waals surface area (Å²) >= 11 is 0. The first-order valence-corrected chi connectivity index (χ1v) is 6.00. The highest BCUT2D eigenvalue weighted by atomic mass is 15.3. The number of aromatic nitrogens is 3. The molecule has 4 heteroatoms. The average molecular weight is 208 g/mol. The molecule has 1 saturated carbocycles. The first-order valence-electron chi connectivity index (χ1n) is 6.00. The topological polar surface area (TPSA) is 42.7 Å². The maximum atomic E-state index is 4.28. The van der Waals surface area contributed by atoms with Crippen LogP contribution in [-0.2, 0) is 13.1 Å². The monoisotopic (exact) mass is 208 g/mol. The summed E-state index contributed by atoms with van der Waals surface area (Å²) in [6, 6.07) is 0.741. The molecule has 1 N–H and O–H groups in total. The normalized spacial score (nSPS) is 15.8. The lowest BCUT2D eigenvalue weighted by Gasteiger charge is -2.05. The smallest absolute Gasteiger partial charge is 0.140 e. The van der Waals surface area contributed by atoms with Gasteiger partial charge in [0.25, 0.3) is 0 Å². The molecule has 1 aliphatic rings. The number of unbranched alkanes of at least 4 members (excludes halogenated alkanes) is 2. The van der Waals surface area contributed by atoms with Crippen LogP contribution in [0.2, 0.25) is 0 Å². The third-order valence-electron chi connectivity index (χ3n) is 2.80. The molecule has 0 saturated heterocycles. The second-order valence-electron chi connectivity index (χ2n) is 4.26. The van der Waals surface area contributed by atoms with Crippen LogP contribution >= 0.6 is 0 Å². The van der Waals surface area contributed by atoms with Crippen molar-refractivity contribution < 1.29 is 0 Å². The van der Waals surface area contributed by atoms with Gasteiger partial charge in [0, 0.05) is 12.6 Å². The summed E-state index contributed by atoms with van der Waals surface area (Å²) in [6.07, 6.45) is 8.04. The second kappa shape index (κ2) is 5.26. The van der Waals surface area contributed by atoms with E-state index in [0.29, 0.717) is 0 Å². The van der Waals surface area contributed by atoms with Crippen LogP contribution in [0.15, 0.2) is 6.33 Å². The van der Waals surface area contributed by atoms with Crippen molar-refractivity contribution in [2.75, 3.05) is 0 Å². The summed E-state index contributed by atoms with van der Waals surface area (Å²) in [5.41, 5.74) is 0. The minimum atomic E-state index is 0.741. The van der Waals surface area contributed by atoms with E-state index in [-0.39, 0.29) is 0 Å². The first kappa shape index (κ1) is 10.6. The molecule has 0 unspecified atom stereocenters. The van der Waals surface area contributed by atoms with Gasteiger partial charge in [0.1, 0.15) is 12.2 Å². The van der Waals surface area contributed by atoms with Gasteiger partial charge < -0.3 is 5.32 Å². The lowest BCUT2D eigenvalue weighted by molar-refractivity contribution is 0.513. The molecule has 1 heterocycles. The van der Waals surface area contributed by atoms with Gasteiger partial charge in [-0.3, -0.25) is 0 Å².